The highest BCUT2D eigenvalue weighted by Gasteiger charge is 2.12. The molecule has 0 aliphatic carbocycles. The molecule has 6 nitrogen and oxygen atoms in total. The van der Waals surface area contributed by atoms with Crippen molar-refractivity contribution in [3.05, 3.63) is 54.6 Å². The van der Waals surface area contributed by atoms with Gasteiger partial charge >= 0.3 is 0 Å². The van der Waals surface area contributed by atoms with Gasteiger partial charge in [-0.1, -0.05) is 0 Å². The van der Waals surface area contributed by atoms with E-state index in [4.69, 9.17) is 0 Å². The molecule has 3 rings (SSSR count). The van der Waals surface area contributed by atoms with Crippen molar-refractivity contribution in [2.45, 2.75) is 0 Å². The molecule has 1 aliphatic heterocycles. The fourth-order valence-corrected chi connectivity index (χ4v) is 1.57. The van der Waals surface area contributed by atoms with Crippen LogP contribution in [0.15, 0.2) is 59.3 Å². The second kappa shape index (κ2) is 4.62. The predicted molar refractivity (Wildman–Crippen MR) is 69.1 cm³/mol. The molecule has 1 aliphatic rings. The number of hydrazine groups is 1. The predicted octanol–water partition coefficient (Wildman–Crippen LogP) is 1.19. The molecule has 0 radical (unpaired) electrons. The second-order valence-corrected chi connectivity index (χ2v) is 3.60. The number of anilines is 1. The van der Waals surface area contributed by atoms with Gasteiger partial charge in [-0.15, -0.1) is 10.2 Å². The summed E-state index contributed by atoms with van der Waals surface area (Å²) in [5.41, 5.74) is 5.04. The minimum absolute atomic E-state index is 0.678. The van der Waals surface area contributed by atoms with Crippen LogP contribution in [0.4, 0.5) is 5.69 Å². The molecule has 0 fully saturated rings. The maximum atomic E-state index is 4.07. The summed E-state index contributed by atoms with van der Waals surface area (Å²) in [6, 6.07) is 7.51. The van der Waals surface area contributed by atoms with Gasteiger partial charge in [0, 0.05) is 30.4 Å². The van der Waals surface area contributed by atoms with Crippen molar-refractivity contribution in [1.29, 1.82) is 0 Å². The number of amidine groups is 1. The smallest absolute Gasteiger partial charge is 0.175 e. The van der Waals surface area contributed by atoms with Crippen LogP contribution in [-0.4, -0.2) is 22.1 Å². The van der Waals surface area contributed by atoms with Gasteiger partial charge in [-0.3, -0.25) is 15.4 Å². The fraction of sp³-hybridized carbons (Fsp3) is 0. The lowest BCUT2D eigenvalue weighted by molar-refractivity contribution is 0.926. The zero-order valence-electron chi connectivity index (χ0n) is 9.43. The molecular weight excluding hydrogens is 228 g/mol. The number of hydrogen-bond donors (Lipinski definition) is 1. The zero-order valence-corrected chi connectivity index (χ0v) is 9.43. The van der Waals surface area contributed by atoms with Gasteiger partial charge in [0.2, 0.25) is 0 Å². The number of aromatic nitrogens is 2. The Bertz CT molecular complexity index is 578. The summed E-state index contributed by atoms with van der Waals surface area (Å²) in [4.78, 5) is 7.95. The molecule has 2 aromatic rings. The first-order chi connectivity index (χ1) is 8.93. The molecular formula is C12H10N6. The Kier molecular flexibility index (Phi) is 2.67. The van der Waals surface area contributed by atoms with E-state index in [-0.39, 0.29) is 0 Å². The monoisotopic (exact) mass is 238 g/mol. The van der Waals surface area contributed by atoms with Crippen molar-refractivity contribution in [2.75, 3.05) is 5.01 Å². The van der Waals surface area contributed by atoms with E-state index in [1.807, 2.05) is 24.3 Å². The molecule has 88 valence electrons. The van der Waals surface area contributed by atoms with E-state index in [9.17, 15) is 0 Å². The Hall–Kier alpha value is -2.76. The summed E-state index contributed by atoms with van der Waals surface area (Å²) in [7, 11) is 0. The first-order valence-corrected chi connectivity index (χ1v) is 5.41. The van der Waals surface area contributed by atoms with E-state index in [2.05, 4.69) is 25.6 Å². The van der Waals surface area contributed by atoms with Gasteiger partial charge in [0.1, 0.15) is 6.34 Å². The van der Waals surface area contributed by atoms with E-state index in [1.54, 1.807) is 36.1 Å². The van der Waals surface area contributed by atoms with Crippen molar-refractivity contribution >= 4 is 17.9 Å². The van der Waals surface area contributed by atoms with Gasteiger partial charge in [0.05, 0.1) is 5.69 Å². The largest absolute Gasteiger partial charge is 0.274 e. The third kappa shape index (κ3) is 2.03. The normalized spacial score (nSPS) is 14.0. The summed E-state index contributed by atoms with van der Waals surface area (Å²) < 4.78 is 0. The second-order valence-electron chi connectivity index (χ2n) is 3.60. The first-order valence-electron chi connectivity index (χ1n) is 5.41. The highest BCUT2D eigenvalue weighted by molar-refractivity contribution is 6.03. The van der Waals surface area contributed by atoms with Gasteiger partial charge in [-0.05, 0) is 24.3 Å². The number of hydrogen-bond acceptors (Lipinski definition) is 6. The maximum absolute atomic E-state index is 4.07. The van der Waals surface area contributed by atoms with Crippen LogP contribution in [0, 0.1) is 0 Å². The van der Waals surface area contributed by atoms with Crippen LogP contribution in [0.5, 0.6) is 0 Å². The van der Waals surface area contributed by atoms with Crippen LogP contribution in [0.25, 0.3) is 0 Å². The third-order valence-electron chi connectivity index (χ3n) is 2.45. The Morgan fingerprint density at radius 1 is 0.889 bits per heavy atom. The minimum atomic E-state index is 0.678. The Labute approximate surface area is 104 Å². The van der Waals surface area contributed by atoms with Gasteiger partial charge in [-0.2, -0.15) is 0 Å². The average molecular weight is 238 g/mol. The van der Waals surface area contributed by atoms with Crippen LogP contribution in [0.1, 0.15) is 5.56 Å². The molecule has 0 amide bonds. The molecule has 6 heteroatoms. The van der Waals surface area contributed by atoms with Crippen molar-refractivity contribution in [3.8, 4) is 0 Å². The highest BCUT2D eigenvalue weighted by Crippen LogP contribution is 2.11. The molecule has 0 unspecified atom stereocenters. The lowest BCUT2D eigenvalue weighted by Crippen LogP contribution is -2.43. The Morgan fingerprint density at radius 3 is 2.28 bits per heavy atom. The van der Waals surface area contributed by atoms with Crippen LogP contribution in [0.2, 0.25) is 0 Å². The lowest BCUT2D eigenvalue weighted by Gasteiger charge is -2.24. The topological polar surface area (TPSA) is 65.8 Å². The molecule has 18 heavy (non-hydrogen) atoms. The first kappa shape index (κ1) is 10.4. The number of nitrogens with zero attached hydrogens (tertiary/aromatic N) is 5. The zero-order chi connectivity index (χ0) is 12.2. The fourth-order valence-electron chi connectivity index (χ4n) is 1.57. The third-order valence-corrected chi connectivity index (χ3v) is 2.45. The number of nitrogens with one attached hydrogen (secondary N) is 1. The number of rotatable bonds is 2. The van der Waals surface area contributed by atoms with Gasteiger partial charge in [0.25, 0.3) is 0 Å². The summed E-state index contributed by atoms with van der Waals surface area (Å²) >= 11 is 0. The molecule has 0 aromatic carbocycles. The van der Waals surface area contributed by atoms with E-state index in [1.165, 1.54) is 0 Å². The van der Waals surface area contributed by atoms with Crippen molar-refractivity contribution in [2.24, 2.45) is 10.2 Å². The van der Waals surface area contributed by atoms with Crippen LogP contribution < -0.4 is 10.4 Å². The van der Waals surface area contributed by atoms with E-state index >= 15 is 0 Å². The van der Waals surface area contributed by atoms with E-state index in [0.717, 1.165) is 11.3 Å². The molecule has 0 bridgehead atoms. The molecule has 0 saturated carbocycles. The van der Waals surface area contributed by atoms with Crippen LogP contribution in [0.3, 0.4) is 0 Å². The molecule has 0 spiro atoms. The quantitative estimate of drug-likeness (QED) is 0.853. The van der Waals surface area contributed by atoms with Crippen molar-refractivity contribution in [1.82, 2.24) is 15.4 Å². The molecule has 1 N–H and O–H groups in total. The van der Waals surface area contributed by atoms with Crippen LogP contribution >= 0.6 is 0 Å². The molecule has 0 atom stereocenters. The summed E-state index contributed by atoms with van der Waals surface area (Å²) in [6.45, 7) is 0. The molecule has 3 heterocycles. The Balaban J connectivity index is 1.85. The minimum Gasteiger partial charge on any atom is -0.274 e. The summed E-state index contributed by atoms with van der Waals surface area (Å²) in [6.07, 6.45) is 8.49. The summed E-state index contributed by atoms with van der Waals surface area (Å²) in [5, 5.41) is 9.83. The van der Waals surface area contributed by atoms with E-state index < -0.39 is 0 Å². The average Bonchev–Trinajstić information content (AvgIpc) is 2.49. The van der Waals surface area contributed by atoms with E-state index in [0.29, 0.717) is 5.84 Å². The van der Waals surface area contributed by atoms with Gasteiger partial charge < -0.3 is 0 Å². The molecule has 0 saturated heterocycles. The summed E-state index contributed by atoms with van der Waals surface area (Å²) in [5.74, 6) is 0.678. The lowest BCUT2D eigenvalue weighted by atomic mass is 10.2. The Morgan fingerprint density at radius 2 is 1.56 bits per heavy atom. The van der Waals surface area contributed by atoms with Crippen molar-refractivity contribution < 1.29 is 0 Å². The highest BCUT2D eigenvalue weighted by atomic mass is 15.6. The van der Waals surface area contributed by atoms with Crippen LogP contribution in [-0.2, 0) is 0 Å². The number of pyridine rings is 2. The van der Waals surface area contributed by atoms with Crippen molar-refractivity contribution in [3.63, 3.8) is 0 Å². The van der Waals surface area contributed by atoms with Gasteiger partial charge in [-0.25, -0.2) is 5.01 Å². The SMILES string of the molecule is C1=NN=C(c2ccncc2)NN1c1ccncc1. The molecule has 2 aromatic heterocycles. The van der Waals surface area contributed by atoms with Gasteiger partial charge in [0.15, 0.2) is 5.84 Å². The maximum Gasteiger partial charge on any atom is 0.175 e. The standard InChI is InChI=1S/C12H10N6/c1-5-13-6-2-10(1)12-16-15-9-18(17-12)11-3-7-14-8-4-11/h1-9H,(H,16,17).